The zero-order chi connectivity index (χ0) is 31.1. The average Bonchev–Trinajstić information content (AvgIpc) is 3.06. The Bertz CT molecular complexity index is 1490. The molecule has 3 aromatic carbocycles. The summed E-state index contributed by atoms with van der Waals surface area (Å²) in [6.07, 6.45) is 1.83. The van der Waals surface area contributed by atoms with Crippen molar-refractivity contribution in [2.24, 2.45) is 11.8 Å². The van der Waals surface area contributed by atoms with E-state index in [0.29, 0.717) is 60.3 Å². The number of piperidine rings is 2. The Labute approximate surface area is 255 Å². The van der Waals surface area contributed by atoms with Crippen LogP contribution in [0.2, 0.25) is 0 Å². The number of alkyl halides is 3. The lowest BCUT2D eigenvalue weighted by Crippen LogP contribution is -2.44. The topological polar surface area (TPSA) is 66.9 Å². The van der Waals surface area contributed by atoms with E-state index in [1.54, 1.807) is 41.3 Å². The van der Waals surface area contributed by atoms with Gasteiger partial charge in [0.15, 0.2) is 0 Å². The quantitative estimate of drug-likeness (QED) is 0.218. The third kappa shape index (κ3) is 7.75. The molecular weight excluding hydrogens is 569 g/mol. The van der Waals surface area contributed by atoms with Crippen LogP contribution in [0.25, 0.3) is 6.08 Å². The van der Waals surface area contributed by atoms with Gasteiger partial charge in [0.25, 0.3) is 5.91 Å². The summed E-state index contributed by atoms with van der Waals surface area (Å²) >= 11 is 0. The maximum Gasteiger partial charge on any atom is 0.416 e. The molecule has 2 fully saturated rings. The first-order valence-corrected chi connectivity index (χ1v) is 14.9. The lowest BCUT2D eigenvalue weighted by molar-refractivity contribution is -0.137. The second-order valence-electron chi connectivity index (χ2n) is 11.3. The maximum absolute atomic E-state index is 13.4. The van der Waals surface area contributed by atoms with Crippen molar-refractivity contribution in [1.29, 1.82) is 0 Å². The molecule has 0 atom stereocenters. The number of halogens is 3. The molecule has 0 radical (unpaired) electrons. The number of carbonyl (C=O) groups excluding carboxylic acids is 3. The summed E-state index contributed by atoms with van der Waals surface area (Å²) in [6.45, 7) is 2.49. The average molecular weight is 605 g/mol. The zero-order valence-electron chi connectivity index (χ0n) is 24.3. The Hall–Kier alpha value is -4.40. The lowest BCUT2D eigenvalue weighted by Gasteiger charge is -2.40. The van der Waals surface area contributed by atoms with E-state index in [-0.39, 0.29) is 18.4 Å². The number of carbonyl (C=O) groups is 3. The second kappa shape index (κ2) is 13.9. The smallest absolute Gasteiger partial charge is 0.416 e. The van der Waals surface area contributed by atoms with Crippen molar-refractivity contribution < 1.29 is 32.3 Å². The van der Waals surface area contributed by atoms with E-state index in [9.17, 15) is 27.6 Å². The van der Waals surface area contributed by atoms with Crippen molar-refractivity contribution in [3.05, 3.63) is 113 Å². The number of esters is 1. The first-order chi connectivity index (χ1) is 21.2. The molecule has 0 aromatic heterocycles. The van der Waals surface area contributed by atoms with Crippen LogP contribution in [0.1, 0.15) is 63.1 Å². The van der Waals surface area contributed by atoms with Gasteiger partial charge >= 0.3 is 12.1 Å². The van der Waals surface area contributed by atoms with Crippen LogP contribution in [0.15, 0.2) is 84.9 Å². The Kier molecular flexibility index (Phi) is 9.82. The standard InChI is InChI=1S/C35H35F3N2O4/c36-35(37,38)30-11-6-7-25(23-30)13-14-32(41)39-19-15-26(16-20-39)27-17-21-40(22-18-27)33(42)31-12-5-4-10-29(31)24-44-34(43)28-8-2-1-3-9-28/h1-14,23,26-27H,15-22,24H2/b14-13+. The van der Waals surface area contributed by atoms with E-state index in [1.165, 1.54) is 18.2 Å². The predicted octanol–water partition coefficient (Wildman–Crippen LogP) is 6.87. The molecule has 0 N–H and O–H groups in total. The molecule has 44 heavy (non-hydrogen) atoms. The van der Waals surface area contributed by atoms with Crippen molar-refractivity contribution in [2.45, 2.75) is 38.5 Å². The van der Waals surface area contributed by atoms with Crippen LogP contribution >= 0.6 is 0 Å². The Morgan fingerprint density at radius 1 is 0.773 bits per heavy atom. The first-order valence-electron chi connectivity index (χ1n) is 14.9. The summed E-state index contributed by atoms with van der Waals surface area (Å²) < 4.78 is 44.4. The Morgan fingerprint density at radius 2 is 1.39 bits per heavy atom. The number of amides is 2. The molecule has 9 heteroatoms. The molecule has 3 aromatic rings. The highest BCUT2D eigenvalue weighted by molar-refractivity contribution is 5.96. The molecule has 6 nitrogen and oxygen atoms in total. The van der Waals surface area contributed by atoms with Crippen LogP contribution in [-0.4, -0.2) is 53.8 Å². The maximum atomic E-state index is 13.4. The molecule has 0 unspecified atom stereocenters. The summed E-state index contributed by atoms with van der Waals surface area (Å²) in [6, 6.07) is 20.9. The highest BCUT2D eigenvalue weighted by Gasteiger charge is 2.33. The number of rotatable bonds is 7. The van der Waals surface area contributed by atoms with E-state index >= 15 is 0 Å². The van der Waals surface area contributed by atoms with Crippen LogP contribution in [0, 0.1) is 11.8 Å². The van der Waals surface area contributed by atoms with Gasteiger partial charge in [-0.15, -0.1) is 0 Å². The number of likely N-dealkylation sites (tertiary alicyclic amines) is 2. The molecule has 230 valence electrons. The van der Waals surface area contributed by atoms with Gasteiger partial charge in [-0.05, 0) is 79.5 Å². The third-order valence-electron chi connectivity index (χ3n) is 8.59. The van der Waals surface area contributed by atoms with Crippen molar-refractivity contribution in [1.82, 2.24) is 9.80 Å². The van der Waals surface area contributed by atoms with Gasteiger partial charge in [-0.2, -0.15) is 13.2 Å². The molecular formula is C35H35F3N2O4. The van der Waals surface area contributed by atoms with Crippen molar-refractivity contribution >= 4 is 23.9 Å². The fraction of sp³-hybridized carbons (Fsp3) is 0.343. The van der Waals surface area contributed by atoms with Crippen molar-refractivity contribution in [2.75, 3.05) is 26.2 Å². The minimum atomic E-state index is -4.43. The van der Waals surface area contributed by atoms with Gasteiger partial charge in [0.05, 0.1) is 11.1 Å². The molecule has 2 saturated heterocycles. The highest BCUT2D eigenvalue weighted by atomic mass is 19.4. The van der Waals surface area contributed by atoms with E-state index in [0.717, 1.165) is 37.8 Å². The molecule has 0 aliphatic carbocycles. The highest BCUT2D eigenvalue weighted by Crippen LogP contribution is 2.33. The fourth-order valence-corrected chi connectivity index (χ4v) is 6.08. The predicted molar refractivity (Wildman–Crippen MR) is 160 cm³/mol. The van der Waals surface area contributed by atoms with Crippen molar-refractivity contribution in [3.63, 3.8) is 0 Å². The SMILES string of the molecule is O=C(OCc1ccccc1C(=O)N1CCC(C2CCN(C(=O)/C=C/c3cccc(C(F)(F)F)c3)CC2)CC1)c1ccccc1. The van der Waals surface area contributed by atoms with Crippen LogP contribution in [0.3, 0.4) is 0 Å². The fourth-order valence-electron chi connectivity index (χ4n) is 6.08. The molecule has 2 aliphatic rings. The summed E-state index contributed by atoms with van der Waals surface area (Å²) in [5.74, 6) is 0.206. The molecule has 2 heterocycles. The van der Waals surface area contributed by atoms with Gasteiger partial charge in [-0.3, -0.25) is 9.59 Å². The number of hydrogen-bond acceptors (Lipinski definition) is 4. The van der Waals surface area contributed by atoms with Gasteiger partial charge in [0.1, 0.15) is 6.61 Å². The minimum Gasteiger partial charge on any atom is -0.457 e. The van der Waals surface area contributed by atoms with Gasteiger partial charge in [0.2, 0.25) is 5.91 Å². The van der Waals surface area contributed by atoms with Gasteiger partial charge < -0.3 is 14.5 Å². The van der Waals surface area contributed by atoms with E-state index < -0.39 is 17.7 Å². The van der Waals surface area contributed by atoms with Crippen LogP contribution in [-0.2, 0) is 22.3 Å². The molecule has 2 aliphatic heterocycles. The number of nitrogens with zero attached hydrogens (tertiary/aromatic N) is 2. The minimum absolute atomic E-state index is 0.0124. The molecule has 0 saturated carbocycles. The van der Waals surface area contributed by atoms with Gasteiger partial charge in [-0.25, -0.2) is 4.79 Å². The van der Waals surface area contributed by atoms with E-state index in [4.69, 9.17) is 4.74 Å². The summed E-state index contributed by atoms with van der Waals surface area (Å²) in [7, 11) is 0. The largest absolute Gasteiger partial charge is 0.457 e. The number of benzene rings is 3. The molecule has 0 spiro atoms. The first kappa shape index (κ1) is 31.0. The summed E-state index contributed by atoms with van der Waals surface area (Å²) in [5, 5.41) is 0. The van der Waals surface area contributed by atoms with E-state index in [1.807, 2.05) is 29.2 Å². The Balaban J connectivity index is 1.09. The Morgan fingerprint density at radius 3 is 2.05 bits per heavy atom. The van der Waals surface area contributed by atoms with Gasteiger partial charge in [-0.1, -0.05) is 48.5 Å². The third-order valence-corrected chi connectivity index (χ3v) is 8.59. The van der Waals surface area contributed by atoms with Crippen LogP contribution < -0.4 is 0 Å². The number of hydrogen-bond donors (Lipinski definition) is 0. The monoisotopic (exact) mass is 604 g/mol. The molecule has 0 bridgehead atoms. The zero-order valence-corrected chi connectivity index (χ0v) is 24.3. The normalized spacial score (nSPS) is 16.7. The summed E-state index contributed by atoms with van der Waals surface area (Å²) in [5.41, 5.74) is 1.26. The lowest BCUT2D eigenvalue weighted by atomic mass is 9.78. The van der Waals surface area contributed by atoms with Crippen molar-refractivity contribution in [3.8, 4) is 0 Å². The van der Waals surface area contributed by atoms with Crippen LogP contribution in [0.4, 0.5) is 13.2 Å². The molecule has 5 rings (SSSR count). The van der Waals surface area contributed by atoms with E-state index in [2.05, 4.69) is 0 Å². The van der Waals surface area contributed by atoms with Crippen LogP contribution in [0.5, 0.6) is 0 Å². The second-order valence-corrected chi connectivity index (χ2v) is 11.3. The number of ether oxygens (including phenoxy) is 1. The molecule has 2 amide bonds. The summed E-state index contributed by atoms with van der Waals surface area (Å²) in [4.78, 5) is 42.2. The van der Waals surface area contributed by atoms with Gasteiger partial charge in [0, 0.05) is 43.4 Å².